The van der Waals surface area contributed by atoms with Gasteiger partial charge in [-0.25, -0.2) is 0 Å². The molecule has 0 saturated heterocycles. The molecule has 0 spiro atoms. The Morgan fingerprint density at radius 1 is 0.719 bits per heavy atom. The van der Waals surface area contributed by atoms with E-state index >= 15 is 0 Å². The number of benzene rings is 1. The van der Waals surface area contributed by atoms with Gasteiger partial charge in [0.2, 0.25) is 0 Å². The minimum absolute atomic E-state index is 0. The van der Waals surface area contributed by atoms with Gasteiger partial charge in [-0.05, 0) is 30.9 Å². The van der Waals surface area contributed by atoms with Crippen molar-refractivity contribution in [2.45, 2.75) is 76.0 Å². The van der Waals surface area contributed by atoms with Crippen molar-refractivity contribution in [1.29, 1.82) is 0 Å². The average molecular weight is 495 g/mol. The van der Waals surface area contributed by atoms with E-state index in [0.717, 1.165) is 12.8 Å². The molecule has 0 fully saturated rings. The standard InChI is InChI=1S/C18H30O3S.2CH2O3.2Mg/c1-2-3-4-5-6-7-8-9-10-14-17-21-22(19,20)18-15-12-11-13-16-18;2*2-1(3)4;;/h11-13,15-16H,2-10,14,17H2,1H3;2*(H2,2,3,4);;/q;;;2*+2/p-4. The molecule has 0 amide bonds. The van der Waals surface area contributed by atoms with E-state index in [1.807, 2.05) is 0 Å². The van der Waals surface area contributed by atoms with Crippen LogP contribution in [0.15, 0.2) is 35.2 Å². The van der Waals surface area contributed by atoms with Crippen molar-refractivity contribution < 1.29 is 42.6 Å². The molecular weight excluding hydrogens is 465 g/mol. The molecule has 9 nitrogen and oxygen atoms in total. The summed E-state index contributed by atoms with van der Waals surface area (Å²) in [6.45, 7) is 2.52. The molecule has 0 heterocycles. The van der Waals surface area contributed by atoms with Crippen LogP contribution in [0.1, 0.15) is 71.1 Å². The summed E-state index contributed by atoms with van der Waals surface area (Å²) in [5, 5.41) is 33.3. The van der Waals surface area contributed by atoms with Crippen LogP contribution in [0.5, 0.6) is 0 Å². The first-order valence-corrected chi connectivity index (χ1v) is 11.2. The van der Waals surface area contributed by atoms with Crippen LogP contribution in [0.4, 0.5) is 9.59 Å². The van der Waals surface area contributed by atoms with Crippen LogP contribution in [0, 0.1) is 0 Å². The molecule has 0 aromatic heterocycles. The summed E-state index contributed by atoms with van der Waals surface area (Å²) in [5.41, 5.74) is 0. The predicted octanol–water partition coefficient (Wildman–Crippen LogP) is -0.343. The van der Waals surface area contributed by atoms with E-state index in [1.165, 1.54) is 51.4 Å². The van der Waals surface area contributed by atoms with E-state index in [1.54, 1.807) is 30.3 Å². The van der Waals surface area contributed by atoms with E-state index in [2.05, 4.69) is 6.92 Å². The van der Waals surface area contributed by atoms with Gasteiger partial charge < -0.3 is 30.0 Å². The van der Waals surface area contributed by atoms with E-state index < -0.39 is 22.4 Å². The molecule has 0 saturated carbocycles. The molecule has 0 N–H and O–H groups in total. The maximum atomic E-state index is 11.9. The fourth-order valence-electron chi connectivity index (χ4n) is 2.41. The largest absolute Gasteiger partial charge is 2.00 e. The Bertz CT molecular complexity index is 636. The van der Waals surface area contributed by atoms with Gasteiger partial charge in [0.1, 0.15) is 0 Å². The van der Waals surface area contributed by atoms with Gasteiger partial charge in [-0.1, -0.05) is 82.9 Å². The number of unbranched alkanes of at least 4 members (excludes halogenated alkanes) is 9. The van der Waals surface area contributed by atoms with Crippen LogP contribution in [-0.4, -0.2) is 73.4 Å². The molecule has 1 aromatic carbocycles. The number of hydrogen-bond donors (Lipinski definition) is 0. The van der Waals surface area contributed by atoms with Crippen molar-refractivity contribution >= 4 is 68.5 Å². The van der Waals surface area contributed by atoms with Gasteiger partial charge >= 0.3 is 46.1 Å². The zero-order valence-corrected chi connectivity index (χ0v) is 22.3. The number of hydrogen-bond acceptors (Lipinski definition) is 9. The van der Waals surface area contributed by atoms with Crippen LogP contribution < -0.4 is 20.4 Å². The Balaban J connectivity index is -0.000000338. The second-order valence-corrected chi connectivity index (χ2v) is 7.89. The van der Waals surface area contributed by atoms with Crippen molar-refractivity contribution in [3.63, 3.8) is 0 Å². The van der Waals surface area contributed by atoms with Crippen molar-refractivity contribution in [1.82, 2.24) is 0 Å². The predicted molar refractivity (Wildman–Crippen MR) is 114 cm³/mol. The fourth-order valence-corrected chi connectivity index (χ4v) is 3.38. The van der Waals surface area contributed by atoms with Crippen molar-refractivity contribution in [3.05, 3.63) is 30.3 Å². The summed E-state index contributed by atoms with van der Waals surface area (Å²) in [6, 6.07) is 8.33. The summed E-state index contributed by atoms with van der Waals surface area (Å²) < 4.78 is 28.8. The van der Waals surface area contributed by atoms with Gasteiger partial charge in [-0.3, -0.25) is 4.18 Å². The second-order valence-electron chi connectivity index (χ2n) is 6.27. The summed E-state index contributed by atoms with van der Waals surface area (Å²) in [4.78, 5) is 16.9. The van der Waals surface area contributed by atoms with Crippen LogP contribution >= 0.6 is 0 Å². The minimum Gasteiger partial charge on any atom is -0.652 e. The molecular formula is C20H30Mg2O9S. The molecule has 32 heavy (non-hydrogen) atoms. The Morgan fingerprint density at radius 2 is 1.06 bits per heavy atom. The van der Waals surface area contributed by atoms with E-state index in [9.17, 15) is 8.42 Å². The molecule has 1 aromatic rings. The normalized spacial score (nSPS) is 9.53. The first-order chi connectivity index (χ1) is 14.1. The van der Waals surface area contributed by atoms with Gasteiger partial charge in [-0.15, -0.1) is 0 Å². The molecule has 0 atom stereocenters. The number of carbonyl (C=O) groups is 2. The third-order valence-electron chi connectivity index (χ3n) is 3.77. The van der Waals surface area contributed by atoms with Crippen LogP contribution in [0.2, 0.25) is 0 Å². The molecule has 0 bridgehead atoms. The molecule has 1 rings (SSSR count). The fraction of sp³-hybridized carbons (Fsp3) is 0.600. The summed E-state index contributed by atoms with van der Waals surface area (Å²) in [6.07, 6.45) is 7.60. The van der Waals surface area contributed by atoms with Gasteiger partial charge in [0.25, 0.3) is 10.1 Å². The zero-order chi connectivity index (χ0) is 23.3. The van der Waals surface area contributed by atoms with Crippen molar-refractivity contribution in [2.24, 2.45) is 0 Å². The summed E-state index contributed by atoms with van der Waals surface area (Å²) in [5.74, 6) is 0. The third-order valence-corrected chi connectivity index (χ3v) is 5.09. The summed E-state index contributed by atoms with van der Waals surface area (Å²) >= 11 is 0. The first kappa shape index (κ1) is 38.5. The number of carboxylic acid groups (broad SMARTS) is 4. The van der Waals surface area contributed by atoms with Gasteiger partial charge in [0.05, 0.1) is 11.5 Å². The summed E-state index contributed by atoms with van der Waals surface area (Å²) in [7, 11) is -3.57. The van der Waals surface area contributed by atoms with E-state index in [4.69, 9.17) is 34.2 Å². The van der Waals surface area contributed by atoms with Crippen LogP contribution in [-0.2, 0) is 14.3 Å². The van der Waals surface area contributed by atoms with Crippen molar-refractivity contribution in [3.8, 4) is 0 Å². The first-order valence-electron chi connectivity index (χ1n) is 9.84. The van der Waals surface area contributed by atoms with Crippen molar-refractivity contribution in [2.75, 3.05) is 6.61 Å². The van der Waals surface area contributed by atoms with Crippen LogP contribution in [0.25, 0.3) is 0 Å². The second kappa shape index (κ2) is 26.5. The Kier molecular flexibility index (Phi) is 31.8. The Labute approximate surface area is 223 Å². The average Bonchev–Trinajstić information content (AvgIpc) is 2.66. The number of rotatable bonds is 13. The zero-order valence-electron chi connectivity index (χ0n) is 18.7. The minimum atomic E-state index is -3.57. The quantitative estimate of drug-likeness (QED) is 0.202. The molecule has 0 aliphatic carbocycles. The Hall–Kier alpha value is -0.798. The maximum Gasteiger partial charge on any atom is 2.00 e. The molecule has 174 valence electrons. The van der Waals surface area contributed by atoms with E-state index in [-0.39, 0.29) is 57.6 Å². The third kappa shape index (κ3) is 31.4. The smallest absolute Gasteiger partial charge is 0.652 e. The molecule has 0 aliphatic rings. The maximum absolute atomic E-state index is 11.9. The number of carbonyl (C=O) groups excluding carboxylic acids is 2. The van der Waals surface area contributed by atoms with E-state index in [0.29, 0.717) is 0 Å². The topological polar surface area (TPSA) is 170 Å². The van der Waals surface area contributed by atoms with Gasteiger partial charge in [-0.2, -0.15) is 8.42 Å². The molecule has 0 radical (unpaired) electrons. The van der Waals surface area contributed by atoms with Gasteiger partial charge in [0, 0.05) is 0 Å². The van der Waals surface area contributed by atoms with Gasteiger partial charge in [0.15, 0.2) is 0 Å². The molecule has 0 unspecified atom stereocenters. The Morgan fingerprint density at radius 3 is 1.44 bits per heavy atom. The monoisotopic (exact) mass is 494 g/mol. The molecule has 12 heteroatoms. The molecule has 0 aliphatic heterocycles. The SMILES string of the molecule is CCCCCCCCCCCCOS(=O)(=O)c1ccccc1.O=C([O-])[O-].O=C([O-])[O-].[Mg+2].[Mg+2]. The van der Waals surface area contributed by atoms with Crippen LogP contribution in [0.3, 0.4) is 0 Å².